The Morgan fingerprint density at radius 1 is 1.40 bits per heavy atom. The summed E-state index contributed by atoms with van der Waals surface area (Å²) in [5.41, 5.74) is 8.64. The number of nitrogens with two attached hydrogens (primary N) is 1. The van der Waals surface area contributed by atoms with Crippen LogP contribution in [0.3, 0.4) is 0 Å². The Hall–Kier alpha value is -2.01. The van der Waals surface area contributed by atoms with Crippen LogP contribution in [0.1, 0.15) is 5.56 Å². The lowest BCUT2D eigenvalue weighted by Gasteiger charge is -2.25. The van der Waals surface area contributed by atoms with Gasteiger partial charge in [-0.15, -0.1) is 0 Å². The van der Waals surface area contributed by atoms with Crippen molar-refractivity contribution in [1.82, 2.24) is 0 Å². The molecule has 0 aliphatic rings. The van der Waals surface area contributed by atoms with Gasteiger partial charge in [-0.25, -0.2) is 4.79 Å². The first-order valence-corrected chi connectivity index (χ1v) is 6.47. The van der Waals surface area contributed by atoms with Crippen LogP contribution in [0.5, 0.6) is 0 Å². The van der Waals surface area contributed by atoms with Crippen LogP contribution in [0.2, 0.25) is 0 Å². The number of benzene rings is 1. The maximum absolute atomic E-state index is 11.0. The predicted molar refractivity (Wildman–Crippen MR) is 80.8 cm³/mol. The standard InChI is InChI=1S/C15H22N2O3/c1-4-15(18)20-10-8-17(7-9-19-3)13-5-6-14(16)12(2)11-13/h4-6,11H,1,7-10,16H2,2-3H3. The summed E-state index contributed by atoms with van der Waals surface area (Å²) in [6.07, 6.45) is 1.16. The zero-order chi connectivity index (χ0) is 15.0. The summed E-state index contributed by atoms with van der Waals surface area (Å²) in [6, 6.07) is 5.84. The fourth-order valence-corrected chi connectivity index (χ4v) is 1.74. The Labute approximate surface area is 120 Å². The lowest BCUT2D eigenvalue weighted by atomic mass is 10.1. The first kappa shape index (κ1) is 16.0. The van der Waals surface area contributed by atoms with E-state index in [-0.39, 0.29) is 0 Å². The topological polar surface area (TPSA) is 64.8 Å². The number of aryl methyl sites for hydroxylation is 1. The molecule has 0 aromatic heterocycles. The van der Waals surface area contributed by atoms with E-state index in [1.165, 1.54) is 0 Å². The first-order chi connectivity index (χ1) is 9.58. The number of methoxy groups -OCH3 is 1. The predicted octanol–water partition coefficient (Wildman–Crippen LogP) is 1.76. The van der Waals surface area contributed by atoms with E-state index in [2.05, 4.69) is 11.5 Å². The van der Waals surface area contributed by atoms with Gasteiger partial charge in [0, 0.05) is 31.1 Å². The van der Waals surface area contributed by atoms with E-state index >= 15 is 0 Å². The maximum atomic E-state index is 11.0. The Kier molecular flexibility index (Phi) is 6.59. The van der Waals surface area contributed by atoms with Crippen molar-refractivity contribution >= 4 is 17.3 Å². The number of carbonyl (C=O) groups excluding carboxylic acids is 1. The van der Waals surface area contributed by atoms with Gasteiger partial charge in [-0.1, -0.05) is 6.58 Å². The van der Waals surface area contributed by atoms with Crippen molar-refractivity contribution in [2.75, 3.05) is 44.0 Å². The molecule has 1 aromatic rings. The summed E-state index contributed by atoms with van der Waals surface area (Å²) in [5.74, 6) is -0.412. The number of nitrogens with zero attached hydrogens (tertiary/aromatic N) is 1. The molecule has 0 saturated heterocycles. The summed E-state index contributed by atoms with van der Waals surface area (Å²) < 4.78 is 10.1. The second-order valence-electron chi connectivity index (χ2n) is 4.39. The molecule has 0 fully saturated rings. The molecule has 0 spiro atoms. The van der Waals surface area contributed by atoms with E-state index in [0.29, 0.717) is 26.3 Å². The highest BCUT2D eigenvalue weighted by molar-refractivity contribution is 5.81. The number of anilines is 2. The normalized spacial score (nSPS) is 10.1. The number of hydrogen-bond acceptors (Lipinski definition) is 5. The average molecular weight is 278 g/mol. The van der Waals surface area contributed by atoms with Crippen molar-refractivity contribution in [2.24, 2.45) is 0 Å². The third-order valence-corrected chi connectivity index (χ3v) is 2.96. The van der Waals surface area contributed by atoms with Crippen LogP contribution < -0.4 is 10.6 Å². The van der Waals surface area contributed by atoms with Gasteiger partial charge in [0.25, 0.3) is 0 Å². The highest BCUT2D eigenvalue weighted by atomic mass is 16.5. The smallest absolute Gasteiger partial charge is 0.330 e. The Morgan fingerprint density at radius 2 is 2.10 bits per heavy atom. The van der Waals surface area contributed by atoms with Gasteiger partial charge in [0.2, 0.25) is 0 Å². The van der Waals surface area contributed by atoms with Crippen LogP contribution in [0.25, 0.3) is 0 Å². The van der Waals surface area contributed by atoms with Gasteiger partial charge in [-0.05, 0) is 30.7 Å². The van der Waals surface area contributed by atoms with Crippen LogP contribution in [0, 0.1) is 6.92 Å². The fraction of sp³-hybridized carbons (Fsp3) is 0.400. The molecule has 5 heteroatoms. The third-order valence-electron chi connectivity index (χ3n) is 2.96. The van der Waals surface area contributed by atoms with Crippen LogP contribution >= 0.6 is 0 Å². The third kappa shape index (κ3) is 4.93. The summed E-state index contributed by atoms with van der Waals surface area (Å²) in [6.45, 7) is 7.53. The highest BCUT2D eigenvalue weighted by Crippen LogP contribution is 2.20. The number of ether oxygens (including phenoxy) is 2. The van der Waals surface area contributed by atoms with Crippen molar-refractivity contribution in [3.63, 3.8) is 0 Å². The molecular formula is C15H22N2O3. The van der Waals surface area contributed by atoms with Gasteiger partial charge in [0.05, 0.1) is 13.2 Å². The molecule has 0 aliphatic carbocycles. The zero-order valence-corrected chi connectivity index (χ0v) is 12.1. The minimum absolute atomic E-state index is 0.304. The lowest BCUT2D eigenvalue weighted by Crippen LogP contribution is -2.31. The van der Waals surface area contributed by atoms with E-state index in [1.807, 2.05) is 25.1 Å². The Bertz CT molecular complexity index is 460. The molecule has 5 nitrogen and oxygen atoms in total. The Morgan fingerprint density at radius 3 is 2.70 bits per heavy atom. The Balaban J connectivity index is 2.69. The highest BCUT2D eigenvalue weighted by Gasteiger charge is 2.08. The van der Waals surface area contributed by atoms with Crippen LogP contribution in [0.4, 0.5) is 11.4 Å². The lowest BCUT2D eigenvalue weighted by molar-refractivity contribution is -0.137. The molecular weight excluding hydrogens is 256 g/mol. The summed E-state index contributed by atoms with van der Waals surface area (Å²) in [4.78, 5) is 13.1. The summed E-state index contributed by atoms with van der Waals surface area (Å²) in [5, 5.41) is 0. The molecule has 0 unspecified atom stereocenters. The largest absolute Gasteiger partial charge is 0.461 e. The molecule has 0 saturated carbocycles. The number of nitrogen functional groups attached to an aromatic ring is 1. The van der Waals surface area contributed by atoms with Crippen LogP contribution in [-0.4, -0.2) is 39.4 Å². The van der Waals surface area contributed by atoms with E-state index < -0.39 is 5.97 Å². The van der Waals surface area contributed by atoms with Crippen molar-refractivity contribution in [3.05, 3.63) is 36.4 Å². The molecule has 0 radical (unpaired) electrons. The van der Waals surface area contributed by atoms with Crippen LogP contribution in [-0.2, 0) is 14.3 Å². The quantitative estimate of drug-likeness (QED) is 0.446. The average Bonchev–Trinajstić information content (AvgIpc) is 2.45. The molecule has 20 heavy (non-hydrogen) atoms. The van der Waals surface area contributed by atoms with Crippen LogP contribution in [0.15, 0.2) is 30.9 Å². The second kappa shape index (κ2) is 8.22. The van der Waals surface area contributed by atoms with Gasteiger partial charge in [0.1, 0.15) is 6.61 Å². The molecule has 0 heterocycles. The minimum Gasteiger partial charge on any atom is -0.461 e. The van der Waals surface area contributed by atoms with Gasteiger partial charge in [-0.2, -0.15) is 0 Å². The number of carbonyl (C=O) groups is 1. The molecule has 110 valence electrons. The van der Waals surface area contributed by atoms with E-state index in [0.717, 1.165) is 23.0 Å². The van der Waals surface area contributed by atoms with Crippen molar-refractivity contribution < 1.29 is 14.3 Å². The maximum Gasteiger partial charge on any atom is 0.330 e. The molecule has 1 rings (SSSR count). The van der Waals surface area contributed by atoms with Crippen molar-refractivity contribution in [1.29, 1.82) is 0 Å². The number of rotatable bonds is 8. The molecule has 0 bridgehead atoms. The SMILES string of the molecule is C=CC(=O)OCCN(CCOC)c1ccc(N)c(C)c1. The molecule has 2 N–H and O–H groups in total. The van der Waals surface area contributed by atoms with Gasteiger partial charge in [-0.3, -0.25) is 0 Å². The monoisotopic (exact) mass is 278 g/mol. The summed E-state index contributed by atoms with van der Waals surface area (Å²) >= 11 is 0. The van der Waals surface area contributed by atoms with Gasteiger partial charge in [0.15, 0.2) is 0 Å². The van der Waals surface area contributed by atoms with Gasteiger partial charge < -0.3 is 20.1 Å². The number of esters is 1. The van der Waals surface area contributed by atoms with E-state index in [9.17, 15) is 4.79 Å². The minimum atomic E-state index is -0.412. The molecule has 0 atom stereocenters. The first-order valence-electron chi connectivity index (χ1n) is 6.47. The number of hydrogen-bond donors (Lipinski definition) is 1. The molecule has 0 amide bonds. The van der Waals surface area contributed by atoms with E-state index in [4.69, 9.17) is 15.2 Å². The zero-order valence-electron chi connectivity index (χ0n) is 12.1. The fourth-order valence-electron chi connectivity index (χ4n) is 1.74. The van der Waals surface area contributed by atoms with E-state index in [1.54, 1.807) is 7.11 Å². The second-order valence-corrected chi connectivity index (χ2v) is 4.39. The van der Waals surface area contributed by atoms with Gasteiger partial charge >= 0.3 is 5.97 Å². The molecule has 0 aliphatic heterocycles. The van der Waals surface area contributed by atoms with Crippen molar-refractivity contribution in [2.45, 2.75) is 6.92 Å². The van der Waals surface area contributed by atoms with Crippen molar-refractivity contribution in [3.8, 4) is 0 Å². The summed E-state index contributed by atoms with van der Waals surface area (Å²) in [7, 11) is 1.66. The molecule has 1 aromatic carbocycles.